The zero-order chi connectivity index (χ0) is 16.8. The van der Waals surface area contributed by atoms with E-state index >= 15 is 0 Å². The first-order valence-corrected chi connectivity index (χ1v) is 6.58. The molecule has 0 saturated heterocycles. The number of nitrogens with one attached hydrogen (secondary N) is 1. The molecule has 1 atom stereocenters. The summed E-state index contributed by atoms with van der Waals surface area (Å²) in [5.74, 6) is -2.16. The van der Waals surface area contributed by atoms with E-state index in [9.17, 15) is 22.8 Å². The van der Waals surface area contributed by atoms with Gasteiger partial charge in [0, 0.05) is 0 Å². The number of carbonyl (C=O) groups is 2. The number of carbonyl (C=O) groups excluding carboxylic acids is 1. The van der Waals surface area contributed by atoms with Crippen molar-refractivity contribution < 1.29 is 32.6 Å². The topological polar surface area (TPSA) is 75.6 Å². The minimum absolute atomic E-state index is 0.234. The Hall–Kier alpha value is -2.25. The van der Waals surface area contributed by atoms with Crippen LogP contribution in [0.1, 0.15) is 25.3 Å². The normalized spacial score (nSPS) is 12.5. The maximum Gasteiger partial charge on any atom is 0.573 e. The van der Waals surface area contributed by atoms with Crippen LogP contribution in [0.4, 0.5) is 13.2 Å². The summed E-state index contributed by atoms with van der Waals surface area (Å²) in [6, 6.07) is 3.98. The predicted octanol–water partition coefficient (Wildman–Crippen LogP) is 2.50. The molecule has 1 aromatic rings. The van der Waals surface area contributed by atoms with Crippen LogP contribution in [-0.4, -0.2) is 29.4 Å². The van der Waals surface area contributed by atoms with E-state index in [2.05, 4.69) is 10.1 Å². The number of hydrogen-bond acceptors (Lipinski definition) is 3. The third-order valence-electron chi connectivity index (χ3n) is 2.71. The van der Waals surface area contributed by atoms with Crippen molar-refractivity contribution in [1.82, 2.24) is 5.32 Å². The van der Waals surface area contributed by atoms with Crippen LogP contribution < -0.4 is 10.1 Å². The van der Waals surface area contributed by atoms with Crippen molar-refractivity contribution >= 4 is 11.9 Å². The summed E-state index contributed by atoms with van der Waals surface area (Å²) >= 11 is 0. The number of aliphatic carboxylic acids is 1. The second-order valence-electron chi connectivity index (χ2n) is 4.62. The monoisotopic (exact) mass is 319 g/mol. The van der Waals surface area contributed by atoms with Gasteiger partial charge >= 0.3 is 12.3 Å². The molecule has 0 aliphatic heterocycles. The van der Waals surface area contributed by atoms with Crippen LogP contribution in [0.2, 0.25) is 0 Å². The largest absolute Gasteiger partial charge is 0.573 e. The molecule has 0 bridgehead atoms. The fourth-order valence-electron chi connectivity index (χ4n) is 1.83. The van der Waals surface area contributed by atoms with Crippen LogP contribution in [-0.2, 0) is 16.0 Å². The van der Waals surface area contributed by atoms with Gasteiger partial charge in [0.1, 0.15) is 11.8 Å². The minimum atomic E-state index is -4.81. The Labute approximate surface area is 125 Å². The first-order valence-electron chi connectivity index (χ1n) is 6.58. The van der Waals surface area contributed by atoms with E-state index in [1.807, 2.05) is 0 Å². The molecule has 0 aromatic heterocycles. The smallest absolute Gasteiger partial charge is 0.480 e. The Kier molecular flexibility index (Phi) is 6.21. The lowest BCUT2D eigenvalue weighted by molar-refractivity contribution is -0.274. The Morgan fingerprint density at radius 1 is 1.36 bits per heavy atom. The van der Waals surface area contributed by atoms with Gasteiger partial charge in [-0.1, -0.05) is 25.5 Å². The van der Waals surface area contributed by atoms with Crippen molar-refractivity contribution in [2.75, 3.05) is 0 Å². The molecule has 2 N–H and O–H groups in total. The zero-order valence-corrected chi connectivity index (χ0v) is 11.8. The van der Waals surface area contributed by atoms with Crippen LogP contribution >= 0.6 is 0 Å². The van der Waals surface area contributed by atoms with Crippen LogP contribution in [0, 0.1) is 0 Å². The van der Waals surface area contributed by atoms with E-state index in [4.69, 9.17) is 5.11 Å². The maximum absolute atomic E-state index is 12.1. The molecule has 1 rings (SSSR count). The lowest BCUT2D eigenvalue weighted by Crippen LogP contribution is -2.41. The van der Waals surface area contributed by atoms with Crippen LogP contribution in [0.3, 0.4) is 0 Å². The van der Waals surface area contributed by atoms with Gasteiger partial charge in [0.2, 0.25) is 5.91 Å². The number of hydrogen-bond donors (Lipinski definition) is 2. The molecule has 122 valence electrons. The van der Waals surface area contributed by atoms with Gasteiger partial charge in [0.15, 0.2) is 0 Å². The van der Waals surface area contributed by atoms with Gasteiger partial charge in [0.25, 0.3) is 0 Å². The van der Waals surface area contributed by atoms with Crippen molar-refractivity contribution in [2.45, 2.75) is 38.6 Å². The molecule has 0 aliphatic carbocycles. The Morgan fingerprint density at radius 2 is 2.05 bits per heavy atom. The summed E-state index contributed by atoms with van der Waals surface area (Å²) in [6.07, 6.45) is -4.19. The molecule has 1 unspecified atom stereocenters. The lowest BCUT2D eigenvalue weighted by atomic mass is 10.1. The summed E-state index contributed by atoms with van der Waals surface area (Å²) in [5, 5.41) is 11.3. The first-order chi connectivity index (χ1) is 10.2. The van der Waals surface area contributed by atoms with Crippen LogP contribution in [0.5, 0.6) is 5.75 Å². The highest BCUT2D eigenvalue weighted by atomic mass is 19.4. The highest BCUT2D eigenvalue weighted by molar-refractivity contribution is 5.84. The standard InChI is InChI=1S/C14H16F3NO4/c1-2-4-11(13(20)21)18-12(19)8-9-5-3-6-10(7-9)22-14(15,16)17/h3,5-7,11H,2,4,8H2,1H3,(H,18,19)(H,20,21). The van der Waals surface area contributed by atoms with Gasteiger partial charge in [-0.15, -0.1) is 13.2 Å². The predicted molar refractivity (Wildman–Crippen MR) is 71.3 cm³/mol. The van der Waals surface area contributed by atoms with Crippen molar-refractivity contribution in [3.8, 4) is 5.75 Å². The minimum Gasteiger partial charge on any atom is -0.480 e. The molecule has 0 spiro atoms. The van der Waals surface area contributed by atoms with E-state index in [1.165, 1.54) is 12.1 Å². The molecule has 0 fully saturated rings. The second-order valence-corrected chi connectivity index (χ2v) is 4.62. The number of benzene rings is 1. The molecule has 8 heteroatoms. The van der Waals surface area contributed by atoms with Gasteiger partial charge in [-0.05, 0) is 24.1 Å². The van der Waals surface area contributed by atoms with Gasteiger partial charge in [-0.25, -0.2) is 4.79 Å². The Morgan fingerprint density at radius 3 is 2.59 bits per heavy atom. The highest BCUT2D eigenvalue weighted by Gasteiger charge is 2.31. The lowest BCUT2D eigenvalue weighted by Gasteiger charge is -2.14. The molecule has 1 aromatic carbocycles. The van der Waals surface area contributed by atoms with Gasteiger partial charge in [-0.2, -0.15) is 0 Å². The SMILES string of the molecule is CCCC(NC(=O)Cc1cccc(OC(F)(F)F)c1)C(=O)O. The van der Waals surface area contributed by atoms with Gasteiger partial charge in [-0.3, -0.25) is 4.79 Å². The van der Waals surface area contributed by atoms with Crippen molar-refractivity contribution in [3.05, 3.63) is 29.8 Å². The van der Waals surface area contributed by atoms with E-state index in [0.717, 1.165) is 12.1 Å². The van der Waals surface area contributed by atoms with Gasteiger partial charge < -0.3 is 15.2 Å². The number of carboxylic acids is 1. The Bertz CT molecular complexity index is 531. The van der Waals surface area contributed by atoms with Crippen molar-refractivity contribution in [3.63, 3.8) is 0 Å². The number of amides is 1. The summed E-state index contributed by atoms with van der Waals surface area (Å²) in [5.41, 5.74) is 0.292. The quantitative estimate of drug-likeness (QED) is 0.809. The van der Waals surface area contributed by atoms with E-state index in [1.54, 1.807) is 6.92 Å². The molecular formula is C14H16F3NO4. The first kappa shape index (κ1) is 17.8. The van der Waals surface area contributed by atoms with E-state index < -0.39 is 30.0 Å². The average Bonchev–Trinajstić information content (AvgIpc) is 2.36. The third-order valence-corrected chi connectivity index (χ3v) is 2.71. The number of alkyl halides is 3. The molecule has 0 radical (unpaired) electrons. The summed E-state index contributed by atoms with van der Waals surface area (Å²) in [4.78, 5) is 22.7. The number of carboxylic acid groups (broad SMARTS) is 1. The van der Waals surface area contributed by atoms with Crippen LogP contribution in [0.15, 0.2) is 24.3 Å². The summed E-state index contributed by atoms with van der Waals surface area (Å²) in [6.45, 7) is 1.78. The zero-order valence-electron chi connectivity index (χ0n) is 11.8. The van der Waals surface area contributed by atoms with E-state index in [-0.39, 0.29) is 12.8 Å². The molecule has 0 heterocycles. The Balaban J connectivity index is 2.68. The van der Waals surface area contributed by atoms with Gasteiger partial charge in [0.05, 0.1) is 6.42 Å². The average molecular weight is 319 g/mol. The second kappa shape index (κ2) is 7.67. The fourth-order valence-corrected chi connectivity index (χ4v) is 1.83. The number of rotatable bonds is 7. The van der Waals surface area contributed by atoms with E-state index in [0.29, 0.717) is 12.0 Å². The molecule has 5 nitrogen and oxygen atoms in total. The molecule has 1 amide bonds. The van der Waals surface area contributed by atoms with Crippen LogP contribution in [0.25, 0.3) is 0 Å². The highest BCUT2D eigenvalue weighted by Crippen LogP contribution is 2.23. The maximum atomic E-state index is 12.1. The fraction of sp³-hybridized carbons (Fsp3) is 0.429. The number of ether oxygens (including phenoxy) is 1. The molecule has 22 heavy (non-hydrogen) atoms. The molecule has 0 saturated carbocycles. The summed E-state index contributed by atoms with van der Waals surface area (Å²) < 4.78 is 40.1. The summed E-state index contributed by atoms with van der Waals surface area (Å²) in [7, 11) is 0. The van der Waals surface area contributed by atoms with Crippen molar-refractivity contribution in [2.24, 2.45) is 0 Å². The third kappa shape index (κ3) is 6.47. The molecule has 0 aliphatic rings. The number of halogens is 3. The molecular weight excluding hydrogens is 303 g/mol. The van der Waals surface area contributed by atoms with Crippen molar-refractivity contribution in [1.29, 1.82) is 0 Å².